The molecule has 1 aliphatic heterocycles. The predicted octanol–water partition coefficient (Wildman–Crippen LogP) is 0.477. The van der Waals surface area contributed by atoms with Gasteiger partial charge in [0.1, 0.15) is 17.8 Å². The van der Waals surface area contributed by atoms with Crippen LogP contribution in [-0.2, 0) is 48.2 Å². The van der Waals surface area contributed by atoms with Crippen molar-refractivity contribution in [2.45, 2.75) is 64.1 Å². The molecule has 0 aliphatic carbocycles. The fraction of sp³-hybridized carbons (Fsp3) is 0.438. The molecule has 0 radical (unpaired) electrons. The van der Waals surface area contributed by atoms with Crippen LogP contribution in [0.2, 0.25) is 0 Å². The molecule has 0 saturated carbocycles. The van der Waals surface area contributed by atoms with Gasteiger partial charge in [0, 0.05) is 45.9 Å². The summed E-state index contributed by atoms with van der Waals surface area (Å²) in [6, 6.07) is 8.55. The summed E-state index contributed by atoms with van der Waals surface area (Å²) in [4.78, 5) is 75.9. The zero-order chi connectivity index (χ0) is 32.8. The summed E-state index contributed by atoms with van der Waals surface area (Å²) < 4.78 is 5.42. The van der Waals surface area contributed by atoms with Crippen molar-refractivity contribution < 1.29 is 33.2 Å². The first kappa shape index (κ1) is 34.5. The van der Waals surface area contributed by atoms with Crippen molar-refractivity contribution in [3.05, 3.63) is 72.2 Å². The molecule has 45 heavy (non-hydrogen) atoms. The molecular weight excluding hydrogens is 580 g/mol. The van der Waals surface area contributed by atoms with E-state index in [4.69, 9.17) is 10.2 Å². The Morgan fingerprint density at radius 1 is 1.02 bits per heavy atom. The Morgan fingerprint density at radius 2 is 1.76 bits per heavy atom. The normalized spacial score (nSPS) is 15.7. The van der Waals surface area contributed by atoms with E-state index < -0.39 is 35.7 Å². The van der Waals surface area contributed by atoms with Crippen LogP contribution in [0.5, 0.6) is 0 Å². The number of primary amides is 1. The molecule has 13 nitrogen and oxygen atoms in total. The SMILES string of the molecule is C=CC(=O)NCC[C@H](NC(=O)Cc1ccccc1CNC(=O)[C@H](Cc1ccco1)NC(=O)C[C@H]1CCCN(C(C)=O)C1)C(N)=O. The minimum absolute atomic E-state index is 0.00746. The lowest BCUT2D eigenvalue weighted by Gasteiger charge is -2.32. The molecule has 2 aromatic rings. The number of piperidine rings is 1. The first-order chi connectivity index (χ1) is 21.5. The number of carbonyl (C=O) groups is 6. The van der Waals surface area contributed by atoms with Crippen LogP contribution in [0.3, 0.4) is 0 Å². The number of hydrogen-bond donors (Lipinski definition) is 5. The Hall–Kier alpha value is -4.94. The van der Waals surface area contributed by atoms with Crippen molar-refractivity contribution in [1.29, 1.82) is 0 Å². The number of benzene rings is 1. The summed E-state index contributed by atoms with van der Waals surface area (Å²) in [6.45, 7) is 6.26. The summed E-state index contributed by atoms with van der Waals surface area (Å²) >= 11 is 0. The molecule has 242 valence electrons. The van der Waals surface area contributed by atoms with E-state index in [-0.39, 0.29) is 56.5 Å². The highest BCUT2D eigenvalue weighted by molar-refractivity contribution is 5.89. The lowest BCUT2D eigenvalue weighted by molar-refractivity contribution is -0.132. The maximum atomic E-state index is 13.3. The Morgan fingerprint density at radius 3 is 2.42 bits per heavy atom. The van der Waals surface area contributed by atoms with Crippen LogP contribution in [0.1, 0.15) is 49.5 Å². The molecule has 0 bridgehead atoms. The van der Waals surface area contributed by atoms with Crippen LogP contribution in [0.4, 0.5) is 0 Å². The van der Waals surface area contributed by atoms with Crippen LogP contribution >= 0.6 is 0 Å². The lowest BCUT2D eigenvalue weighted by Crippen LogP contribution is -2.49. The van der Waals surface area contributed by atoms with Gasteiger partial charge in [-0.2, -0.15) is 0 Å². The van der Waals surface area contributed by atoms with Gasteiger partial charge in [-0.05, 0) is 54.5 Å². The minimum atomic E-state index is -0.986. The van der Waals surface area contributed by atoms with Gasteiger partial charge in [-0.25, -0.2) is 0 Å². The van der Waals surface area contributed by atoms with Gasteiger partial charge >= 0.3 is 0 Å². The monoisotopic (exact) mass is 622 g/mol. The molecule has 2 heterocycles. The van der Waals surface area contributed by atoms with Crippen LogP contribution in [0.25, 0.3) is 0 Å². The molecule has 1 aliphatic rings. The molecule has 1 fully saturated rings. The highest BCUT2D eigenvalue weighted by atomic mass is 16.3. The van der Waals surface area contributed by atoms with Crippen molar-refractivity contribution >= 4 is 35.4 Å². The average Bonchev–Trinajstić information content (AvgIpc) is 3.52. The molecule has 3 rings (SSSR count). The number of carbonyl (C=O) groups excluding carboxylic acids is 6. The van der Waals surface area contributed by atoms with Gasteiger partial charge in [0.25, 0.3) is 0 Å². The van der Waals surface area contributed by atoms with E-state index in [2.05, 4.69) is 27.8 Å². The quantitative estimate of drug-likeness (QED) is 0.168. The molecule has 1 saturated heterocycles. The topological polar surface area (TPSA) is 193 Å². The van der Waals surface area contributed by atoms with Gasteiger partial charge in [0.2, 0.25) is 35.4 Å². The first-order valence-electron chi connectivity index (χ1n) is 15.0. The second-order valence-corrected chi connectivity index (χ2v) is 11.1. The summed E-state index contributed by atoms with van der Waals surface area (Å²) in [5.41, 5.74) is 6.73. The number of rotatable bonds is 16. The zero-order valence-electron chi connectivity index (χ0n) is 25.5. The van der Waals surface area contributed by atoms with Crippen molar-refractivity contribution in [3.63, 3.8) is 0 Å². The Labute approximate surface area is 262 Å². The zero-order valence-corrected chi connectivity index (χ0v) is 25.5. The van der Waals surface area contributed by atoms with E-state index in [1.54, 1.807) is 41.3 Å². The van der Waals surface area contributed by atoms with Crippen LogP contribution in [0, 0.1) is 5.92 Å². The first-order valence-corrected chi connectivity index (χ1v) is 15.0. The predicted molar refractivity (Wildman–Crippen MR) is 165 cm³/mol. The summed E-state index contributed by atoms with van der Waals surface area (Å²) in [7, 11) is 0. The van der Waals surface area contributed by atoms with Crippen molar-refractivity contribution in [1.82, 2.24) is 26.2 Å². The van der Waals surface area contributed by atoms with Crippen molar-refractivity contribution in [2.75, 3.05) is 19.6 Å². The number of nitrogens with one attached hydrogen (secondary N) is 4. The summed E-state index contributed by atoms with van der Waals surface area (Å²) in [5, 5.41) is 10.8. The van der Waals surface area contributed by atoms with E-state index in [0.29, 0.717) is 30.0 Å². The Bertz CT molecular complexity index is 1360. The number of hydrogen-bond acceptors (Lipinski definition) is 7. The second-order valence-electron chi connectivity index (χ2n) is 11.1. The molecule has 1 aromatic carbocycles. The molecule has 0 unspecified atom stereocenters. The van der Waals surface area contributed by atoms with Gasteiger partial charge in [0.15, 0.2) is 0 Å². The third kappa shape index (κ3) is 11.6. The van der Waals surface area contributed by atoms with Gasteiger partial charge in [-0.15, -0.1) is 0 Å². The fourth-order valence-electron chi connectivity index (χ4n) is 5.20. The molecule has 13 heteroatoms. The Kier molecular flexibility index (Phi) is 13.3. The smallest absolute Gasteiger partial charge is 0.243 e. The van der Waals surface area contributed by atoms with Crippen LogP contribution in [-0.4, -0.2) is 72.1 Å². The molecule has 6 amide bonds. The molecule has 3 atom stereocenters. The number of nitrogens with zero attached hydrogens (tertiary/aromatic N) is 1. The second kappa shape index (κ2) is 17.4. The molecule has 6 N–H and O–H groups in total. The maximum Gasteiger partial charge on any atom is 0.243 e. The van der Waals surface area contributed by atoms with Crippen molar-refractivity contribution in [3.8, 4) is 0 Å². The number of likely N-dealkylation sites (tertiary alicyclic amines) is 1. The molecular formula is C32H42N6O7. The lowest BCUT2D eigenvalue weighted by atomic mass is 9.94. The van der Waals surface area contributed by atoms with E-state index in [9.17, 15) is 28.8 Å². The van der Waals surface area contributed by atoms with Crippen LogP contribution in [0.15, 0.2) is 59.7 Å². The van der Waals surface area contributed by atoms with E-state index in [0.717, 1.165) is 18.9 Å². The summed E-state index contributed by atoms with van der Waals surface area (Å²) in [5.74, 6) is -1.80. The van der Waals surface area contributed by atoms with Gasteiger partial charge in [0.05, 0.1) is 12.7 Å². The molecule has 0 spiro atoms. The molecule has 1 aromatic heterocycles. The van der Waals surface area contributed by atoms with Crippen molar-refractivity contribution in [2.24, 2.45) is 11.7 Å². The number of furan rings is 1. The third-order valence-electron chi connectivity index (χ3n) is 7.59. The fourth-order valence-corrected chi connectivity index (χ4v) is 5.20. The average molecular weight is 623 g/mol. The number of amides is 6. The highest BCUT2D eigenvalue weighted by Crippen LogP contribution is 2.20. The number of nitrogens with two attached hydrogens (primary N) is 1. The highest BCUT2D eigenvalue weighted by Gasteiger charge is 2.27. The van der Waals surface area contributed by atoms with E-state index in [1.165, 1.54) is 13.2 Å². The van der Waals surface area contributed by atoms with E-state index in [1.807, 2.05) is 0 Å². The summed E-state index contributed by atoms with van der Waals surface area (Å²) in [6.07, 6.45) is 4.59. The van der Waals surface area contributed by atoms with Gasteiger partial charge < -0.3 is 36.3 Å². The minimum Gasteiger partial charge on any atom is -0.469 e. The standard InChI is InChI=1S/C32H42N6O7/c1-3-28(40)34-13-12-26(31(33)43)36-30(42)17-23-9-4-5-10-24(23)19-35-32(44)27(18-25-11-7-15-45-25)37-29(41)16-22-8-6-14-38(20-22)21(2)39/h3-5,7,9-11,15,22,26-27H,1,6,8,12-14,16-20H2,2H3,(H2,33,43)(H,34,40)(H,35,44)(H,36,42)(H,37,41)/t22-,26+,27+/m1/s1. The van der Waals surface area contributed by atoms with Gasteiger partial charge in [-0.1, -0.05) is 30.8 Å². The largest absolute Gasteiger partial charge is 0.469 e. The van der Waals surface area contributed by atoms with E-state index >= 15 is 0 Å². The van der Waals surface area contributed by atoms with Crippen LogP contribution < -0.4 is 27.0 Å². The van der Waals surface area contributed by atoms with Gasteiger partial charge in [-0.3, -0.25) is 28.8 Å². The third-order valence-corrected chi connectivity index (χ3v) is 7.59. The maximum absolute atomic E-state index is 13.3. The Balaban J connectivity index is 1.60.